The van der Waals surface area contributed by atoms with Crippen molar-refractivity contribution in [2.45, 2.75) is 32.8 Å². The molecule has 0 atom stereocenters. The monoisotopic (exact) mass is 301 g/mol. The Kier molecular flexibility index (Phi) is 6.29. The molecular formula is C12H20BrN3O. The number of halogens is 1. The zero-order chi connectivity index (χ0) is 12.7. The van der Waals surface area contributed by atoms with Crippen LogP contribution in [-0.2, 0) is 4.74 Å². The Hall–Kier alpha value is -0.810. The van der Waals surface area contributed by atoms with E-state index >= 15 is 0 Å². The number of aromatic nitrogens is 1. The number of hydrogen-bond donors (Lipinski definition) is 2. The quantitative estimate of drug-likeness (QED) is 0.760. The Bertz CT molecular complexity index is 345. The summed E-state index contributed by atoms with van der Waals surface area (Å²) >= 11 is 3.33. The Labute approximate surface area is 111 Å². The second kappa shape index (κ2) is 7.50. The van der Waals surface area contributed by atoms with Crippen molar-refractivity contribution < 1.29 is 4.74 Å². The van der Waals surface area contributed by atoms with Crippen LogP contribution in [0.3, 0.4) is 0 Å². The van der Waals surface area contributed by atoms with Crippen LogP contribution in [0.5, 0.6) is 0 Å². The third-order valence-corrected chi connectivity index (χ3v) is 2.63. The Balaban J connectivity index is 2.18. The lowest BCUT2D eigenvalue weighted by Crippen LogP contribution is -2.08. The molecule has 4 nitrogen and oxygen atoms in total. The van der Waals surface area contributed by atoms with Gasteiger partial charge in [0.05, 0.1) is 11.8 Å². The van der Waals surface area contributed by atoms with Gasteiger partial charge in [-0.05, 0) is 48.7 Å². The highest BCUT2D eigenvalue weighted by atomic mass is 79.9. The maximum absolute atomic E-state index is 5.82. The summed E-state index contributed by atoms with van der Waals surface area (Å²) in [5.41, 5.74) is 6.49. The van der Waals surface area contributed by atoms with Gasteiger partial charge in [-0.15, -0.1) is 0 Å². The average Bonchev–Trinajstić information content (AvgIpc) is 2.25. The molecule has 1 aromatic rings. The van der Waals surface area contributed by atoms with Gasteiger partial charge in [-0.25, -0.2) is 4.98 Å². The first-order valence-electron chi connectivity index (χ1n) is 5.86. The van der Waals surface area contributed by atoms with E-state index in [0.717, 1.165) is 36.3 Å². The first-order valence-corrected chi connectivity index (χ1v) is 6.65. The van der Waals surface area contributed by atoms with Gasteiger partial charge in [0.25, 0.3) is 0 Å². The molecule has 3 N–H and O–H groups in total. The lowest BCUT2D eigenvalue weighted by atomic mass is 10.3. The summed E-state index contributed by atoms with van der Waals surface area (Å²) < 4.78 is 6.35. The molecule has 0 amide bonds. The molecule has 1 rings (SSSR count). The van der Waals surface area contributed by atoms with E-state index < -0.39 is 0 Å². The number of anilines is 2. The normalized spacial score (nSPS) is 10.8. The molecule has 0 unspecified atom stereocenters. The number of pyridine rings is 1. The Morgan fingerprint density at radius 1 is 1.47 bits per heavy atom. The van der Waals surface area contributed by atoms with Gasteiger partial charge in [0.1, 0.15) is 5.82 Å². The number of nitrogen functional groups attached to an aromatic ring is 1. The van der Waals surface area contributed by atoms with Crippen molar-refractivity contribution in [1.29, 1.82) is 0 Å². The smallest absolute Gasteiger partial charge is 0.149 e. The minimum Gasteiger partial charge on any atom is -0.396 e. The molecule has 17 heavy (non-hydrogen) atoms. The van der Waals surface area contributed by atoms with Gasteiger partial charge < -0.3 is 15.8 Å². The summed E-state index contributed by atoms with van der Waals surface area (Å²) in [6.07, 6.45) is 4.14. The van der Waals surface area contributed by atoms with Gasteiger partial charge in [-0.1, -0.05) is 0 Å². The van der Waals surface area contributed by atoms with Crippen molar-refractivity contribution in [3.05, 3.63) is 16.7 Å². The zero-order valence-corrected chi connectivity index (χ0v) is 12.0. The van der Waals surface area contributed by atoms with Gasteiger partial charge in [-0.3, -0.25) is 0 Å². The molecule has 0 saturated heterocycles. The van der Waals surface area contributed by atoms with Gasteiger partial charge in [0, 0.05) is 23.8 Å². The van der Waals surface area contributed by atoms with Gasteiger partial charge >= 0.3 is 0 Å². The minimum atomic E-state index is 0.312. The van der Waals surface area contributed by atoms with Crippen molar-refractivity contribution in [2.75, 3.05) is 24.2 Å². The zero-order valence-electron chi connectivity index (χ0n) is 10.4. The highest BCUT2D eigenvalue weighted by Crippen LogP contribution is 2.19. The van der Waals surface area contributed by atoms with Crippen LogP contribution in [0.25, 0.3) is 0 Å². The highest BCUT2D eigenvalue weighted by Gasteiger charge is 2.00. The summed E-state index contributed by atoms with van der Waals surface area (Å²) in [7, 11) is 0. The van der Waals surface area contributed by atoms with E-state index in [4.69, 9.17) is 10.5 Å². The number of ether oxygens (including phenoxy) is 1. The van der Waals surface area contributed by atoms with Crippen molar-refractivity contribution in [3.63, 3.8) is 0 Å². The van der Waals surface area contributed by atoms with Gasteiger partial charge in [0.15, 0.2) is 0 Å². The summed E-state index contributed by atoms with van der Waals surface area (Å²) in [5.74, 6) is 0.748. The molecule has 0 spiro atoms. The number of hydrogen-bond acceptors (Lipinski definition) is 4. The first-order chi connectivity index (χ1) is 8.09. The maximum atomic E-state index is 5.82. The second-order valence-electron chi connectivity index (χ2n) is 4.14. The van der Waals surface area contributed by atoms with Crippen LogP contribution in [0.15, 0.2) is 16.7 Å². The second-order valence-corrected chi connectivity index (χ2v) is 5.06. The number of rotatable bonds is 7. The molecule has 0 bridgehead atoms. The van der Waals surface area contributed by atoms with E-state index in [1.165, 1.54) is 0 Å². The van der Waals surface area contributed by atoms with Crippen molar-refractivity contribution >= 4 is 27.4 Å². The van der Waals surface area contributed by atoms with Gasteiger partial charge in [0.2, 0.25) is 0 Å². The molecule has 96 valence electrons. The largest absolute Gasteiger partial charge is 0.396 e. The molecule has 0 aliphatic carbocycles. The molecule has 5 heteroatoms. The SMILES string of the molecule is CC(C)OCCCCNc1ncc(Br)cc1N. The van der Waals surface area contributed by atoms with E-state index in [-0.39, 0.29) is 0 Å². The van der Waals surface area contributed by atoms with Crippen LogP contribution < -0.4 is 11.1 Å². The fraction of sp³-hybridized carbons (Fsp3) is 0.583. The number of nitrogens with two attached hydrogens (primary N) is 1. The van der Waals surface area contributed by atoms with E-state index in [1.807, 2.05) is 19.9 Å². The standard InChI is InChI=1S/C12H20BrN3O/c1-9(2)17-6-4-3-5-15-12-11(14)7-10(13)8-16-12/h7-9H,3-6,14H2,1-2H3,(H,15,16). The van der Waals surface area contributed by atoms with Gasteiger partial charge in [-0.2, -0.15) is 0 Å². The molecule has 0 fully saturated rings. The Morgan fingerprint density at radius 2 is 2.24 bits per heavy atom. The predicted molar refractivity (Wildman–Crippen MR) is 75.2 cm³/mol. The summed E-state index contributed by atoms with van der Waals surface area (Å²) in [4.78, 5) is 4.21. The minimum absolute atomic E-state index is 0.312. The van der Waals surface area contributed by atoms with Crippen molar-refractivity contribution in [3.8, 4) is 0 Å². The lowest BCUT2D eigenvalue weighted by Gasteiger charge is -2.09. The van der Waals surface area contributed by atoms with Crippen LogP contribution in [0.2, 0.25) is 0 Å². The fourth-order valence-electron chi connectivity index (χ4n) is 1.36. The van der Waals surface area contributed by atoms with Crippen LogP contribution in [0.1, 0.15) is 26.7 Å². The number of nitrogens with one attached hydrogen (secondary N) is 1. The summed E-state index contributed by atoms with van der Waals surface area (Å²) in [6, 6.07) is 1.84. The van der Waals surface area contributed by atoms with E-state index in [2.05, 4.69) is 26.2 Å². The van der Waals surface area contributed by atoms with Crippen LogP contribution >= 0.6 is 15.9 Å². The molecule has 0 aromatic carbocycles. The van der Waals surface area contributed by atoms with E-state index in [9.17, 15) is 0 Å². The molecule has 1 aromatic heterocycles. The molecule has 0 radical (unpaired) electrons. The number of nitrogens with zero attached hydrogens (tertiary/aromatic N) is 1. The maximum Gasteiger partial charge on any atom is 0.149 e. The lowest BCUT2D eigenvalue weighted by molar-refractivity contribution is 0.0765. The molecule has 0 saturated carbocycles. The van der Waals surface area contributed by atoms with Crippen LogP contribution in [-0.4, -0.2) is 24.2 Å². The van der Waals surface area contributed by atoms with Crippen molar-refractivity contribution in [2.24, 2.45) is 0 Å². The third kappa shape index (κ3) is 5.89. The number of unbranched alkanes of at least 4 members (excludes halogenated alkanes) is 1. The van der Waals surface area contributed by atoms with Crippen LogP contribution in [0.4, 0.5) is 11.5 Å². The molecular weight excluding hydrogens is 282 g/mol. The molecule has 0 aliphatic rings. The molecule has 0 aliphatic heterocycles. The average molecular weight is 302 g/mol. The molecule has 1 heterocycles. The third-order valence-electron chi connectivity index (χ3n) is 2.20. The first kappa shape index (κ1) is 14.3. The summed E-state index contributed by atoms with van der Waals surface area (Å²) in [5, 5.41) is 3.22. The highest BCUT2D eigenvalue weighted by molar-refractivity contribution is 9.10. The predicted octanol–water partition coefficient (Wildman–Crippen LogP) is 3.04. The summed E-state index contributed by atoms with van der Waals surface area (Å²) in [6.45, 7) is 5.76. The van der Waals surface area contributed by atoms with E-state index in [0.29, 0.717) is 11.8 Å². The van der Waals surface area contributed by atoms with E-state index in [1.54, 1.807) is 6.20 Å². The topological polar surface area (TPSA) is 60.2 Å². The van der Waals surface area contributed by atoms with Crippen LogP contribution in [0, 0.1) is 0 Å². The van der Waals surface area contributed by atoms with Crippen molar-refractivity contribution in [1.82, 2.24) is 4.98 Å². The Morgan fingerprint density at radius 3 is 2.88 bits per heavy atom. The fourth-order valence-corrected chi connectivity index (χ4v) is 1.70.